The first-order chi connectivity index (χ1) is 12.6. The first kappa shape index (κ1) is 20.6. The molecular formula is C20H24N2O4S. The van der Waals surface area contributed by atoms with E-state index in [1.54, 1.807) is 24.3 Å². The number of carbonyl (C=O) groups excluding carboxylic acids is 2. The number of Topliss-reactive ketones (excluding diaryl/α,β-unsaturated/α-hetero) is 1. The van der Waals surface area contributed by atoms with Crippen molar-refractivity contribution in [1.82, 2.24) is 0 Å². The predicted octanol–water partition coefficient (Wildman–Crippen LogP) is 3.30. The van der Waals surface area contributed by atoms with Gasteiger partial charge in [0.1, 0.15) is 0 Å². The lowest BCUT2D eigenvalue weighted by Gasteiger charge is -2.22. The largest absolute Gasteiger partial charge is 0.326 e. The SMILES string of the molecule is CC(=O)c1ccc(N(CCC(=O)Nc2cc(C)cc(C)c2)S(C)(=O)=O)cc1. The normalized spacial score (nSPS) is 11.1. The highest BCUT2D eigenvalue weighted by molar-refractivity contribution is 7.92. The van der Waals surface area contributed by atoms with Gasteiger partial charge >= 0.3 is 0 Å². The third kappa shape index (κ3) is 5.92. The van der Waals surface area contributed by atoms with Gasteiger partial charge in [-0.15, -0.1) is 0 Å². The smallest absolute Gasteiger partial charge is 0.232 e. The number of aryl methyl sites for hydroxylation is 2. The van der Waals surface area contributed by atoms with E-state index in [1.165, 1.54) is 6.92 Å². The second-order valence-corrected chi connectivity index (χ2v) is 8.52. The Morgan fingerprint density at radius 2 is 1.56 bits per heavy atom. The Morgan fingerprint density at radius 3 is 2.04 bits per heavy atom. The van der Waals surface area contributed by atoms with Gasteiger partial charge in [-0.25, -0.2) is 8.42 Å². The average Bonchev–Trinajstić information content (AvgIpc) is 2.53. The molecular weight excluding hydrogens is 364 g/mol. The van der Waals surface area contributed by atoms with Crippen LogP contribution in [0, 0.1) is 13.8 Å². The summed E-state index contributed by atoms with van der Waals surface area (Å²) in [6, 6.07) is 12.0. The summed E-state index contributed by atoms with van der Waals surface area (Å²) in [4.78, 5) is 23.6. The number of ketones is 1. The number of rotatable bonds is 7. The minimum Gasteiger partial charge on any atom is -0.326 e. The summed E-state index contributed by atoms with van der Waals surface area (Å²) in [7, 11) is -3.56. The molecule has 0 heterocycles. The van der Waals surface area contributed by atoms with Crippen LogP contribution >= 0.6 is 0 Å². The van der Waals surface area contributed by atoms with Gasteiger partial charge in [0.05, 0.1) is 11.9 Å². The summed E-state index contributed by atoms with van der Waals surface area (Å²) >= 11 is 0. The van der Waals surface area contributed by atoms with Gasteiger partial charge in [-0.05, 0) is 68.3 Å². The topological polar surface area (TPSA) is 83.6 Å². The quantitative estimate of drug-likeness (QED) is 0.738. The highest BCUT2D eigenvalue weighted by Gasteiger charge is 2.19. The zero-order valence-corrected chi connectivity index (χ0v) is 16.8. The number of hydrogen-bond acceptors (Lipinski definition) is 4. The Balaban J connectivity index is 2.10. The van der Waals surface area contributed by atoms with E-state index in [-0.39, 0.29) is 24.7 Å². The maximum atomic E-state index is 12.3. The lowest BCUT2D eigenvalue weighted by molar-refractivity contribution is -0.116. The lowest BCUT2D eigenvalue weighted by atomic mass is 10.1. The monoisotopic (exact) mass is 388 g/mol. The summed E-state index contributed by atoms with van der Waals surface area (Å²) in [5, 5.41) is 2.80. The fraction of sp³-hybridized carbons (Fsp3) is 0.300. The number of amides is 1. The van der Waals surface area contributed by atoms with E-state index in [1.807, 2.05) is 32.0 Å². The van der Waals surface area contributed by atoms with Gasteiger partial charge in [0, 0.05) is 24.2 Å². The average molecular weight is 388 g/mol. The molecule has 0 aromatic heterocycles. The van der Waals surface area contributed by atoms with Crippen LogP contribution in [0.2, 0.25) is 0 Å². The molecule has 2 rings (SSSR count). The molecule has 0 aliphatic rings. The first-order valence-corrected chi connectivity index (χ1v) is 10.4. The van der Waals surface area contributed by atoms with E-state index in [9.17, 15) is 18.0 Å². The lowest BCUT2D eigenvalue weighted by Crippen LogP contribution is -2.33. The third-order valence-electron chi connectivity index (χ3n) is 4.01. The number of nitrogens with zero attached hydrogens (tertiary/aromatic N) is 1. The second kappa shape index (κ2) is 8.35. The molecule has 0 unspecified atom stereocenters. The maximum absolute atomic E-state index is 12.3. The van der Waals surface area contributed by atoms with E-state index in [4.69, 9.17) is 0 Å². The van der Waals surface area contributed by atoms with Crippen molar-refractivity contribution in [3.05, 3.63) is 59.2 Å². The Labute approximate surface area is 160 Å². The van der Waals surface area contributed by atoms with Crippen LogP contribution in [0.1, 0.15) is 34.8 Å². The van der Waals surface area contributed by atoms with Crippen LogP contribution in [0.15, 0.2) is 42.5 Å². The van der Waals surface area contributed by atoms with Gasteiger partial charge in [0.2, 0.25) is 15.9 Å². The van der Waals surface area contributed by atoms with Gasteiger partial charge in [-0.2, -0.15) is 0 Å². The molecule has 1 N–H and O–H groups in total. The number of hydrogen-bond donors (Lipinski definition) is 1. The van der Waals surface area contributed by atoms with E-state index in [2.05, 4.69) is 5.32 Å². The van der Waals surface area contributed by atoms with Crippen LogP contribution in [0.4, 0.5) is 11.4 Å². The van der Waals surface area contributed by atoms with Crippen molar-refractivity contribution in [2.75, 3.05) is 22.4 Å². The minimum atomic E-state index is -3.56. The zero-order valence-electron chi connectivity index (χ0n) is 15.9. The van der Waals surface area contributed by atoms with Gasteiger partial charge in [-0.1, -0.05) is 6.07 Å². The molecule has 0 fully saturated rings. The molecule has 0 aliphatic heterocycles. The molecule has 0 atom stereocenters. The zero-order chi connectivity index (χ0) is 20.2. The highest BCUT2D eigenvalue weighted by atomic mass is 32.2. The summed E-state index contributed by atoms with van der Waals surface area (Å²) in [5.74, 6) is -0.366. The van der Waals surface area contributed by atoms with Crippen molar-refractivity contribution in [2.24, 2.45) is 0 Å². The molecule has 1 amide bonds. The molecule has 2 aromatic carbocycles. The molecule has 27 heavy (non-hydrogen) atoms. The van der Waals surface area contributed by atoms with E-state index < -0.39 is 10.0 Å². The van der Waals surface area contributed by atoms with Gasteiger partial charge in [0.25, 0.3) is 0 Å². The molecule has 144 valence electrons. The van der Waals surface area contributed by atoms with E-state index >= 15 is 0 Å². The maximum Gasteiger partial charge on any atom is 0.232 e. The van der Waals surface area contributed by atoms with Gasteiger partial charge < -0.3 is 5.32 Å². The number of anilines is 2. The fourth-order valence-electron chi connectivity index (χ4n) is 2.82. The second-order valence-electron chi connectivity index (χ2n) is 6.61. The fourth-order valence-corrected chi connectivity index (χ4v) is 3.75. The van der Waals surface area contributed by atoms with Crippen LogP contribution in [0.3, 0.4) is 0 Å². The van der Waals surface area contributed by atoms with Crippen LogP contribution in [-0.2, 0) is 14.8 Å². The summed E-state index contributed by atoms with van der Waals surface area (Å²) in [5.41, 5.74) is 3.68. The molecule has 0 radical (unpaired) electrons. The van der Waals surface area contributed by atoms with Crippen LogP contribution < -0.4 is 9.62 Å². The van der Waals surface area contributed by atoms with E-state index in [0.29, 0.717) is 16.9 Å². The number of sulfonamides is 1. The van der Waals surface area contributed by atoms with Crippen molar-refractivity contribution in [3.8, 4) is 0 Å². The van der Waals surface area contributed by atoms with Crippen molar-refractivity contribution in [1.29, 1.82) is 0 Å². The minimum absolute atomic E-state index is 0.00845. The Bertz CT molecular complexity index is 930. The van der Waals surface area contributed by atoms with Crippen molar-refractivity contribution in [2.45, 2.75) is 27.2 Å². The summed E-state index contributed by atoms with van der Waals surface area (Å²) < 4.78 is 25.4. The highest BCUT2D eigenvalue weighted by Crippen LogP contribution is 2.20. The standard InChI is InChI=1S/C20H24N2O4S/c1-14-11-15(2)13-18(12-14)21-20(24)9-10-22(27(4,25)26)19-7-5-17(6-8-19)16(3)23/h5-8,11-13H,9-10H2,1-4H3,(H,21,24). The number of benzene rings is 2. The number of nitrogens with one attached hydrogen (secondary N) is 1. The van der Waals surface area contributed by atoms with Crippen molar-refractivity contribution >= 4 is 33.1 Å². The Kier molecular flexibility index (Phi) is 6.38. The first-order valence-electron chi connectivity index (χ1n) is 8.53. The van der Waals surface area contributed by atoms with Crippen molar-refractivity contribution in [3.63, 3.8) is 0 Å². The molecule has 7 heteroatoms. The third-order valence-corrected chi connectivity index (χ3v) is 5.20. The molecule has 6 nitrogen and oxygen atoms in total. The molecule has 0 saturated heterocycles. The molecule has 0 aliphatic carbocycles. The van der Waals surface area contributed by atoms with Crippen LogP contribution in [0.25, 0.3) is 0 Å². The van der Waals surface area contributed by atoms with Crippen LogP contribution in [-0.4, -0.2) is 32.9 Å². The molecule has 0 spiro atoms. The van der Waals surface area contributed by atoms with Gasteiger partial charge in [0.15, 0.2) is 5.78 Å². The van der Waals surface area contributed by atoms with Gasteiger partial charge in [-0.3, -0.25) is 13.9 Å². The van der Waals surface area contributed by atoms with Crippen LogP contribution in [0.5, 0.6) is 0 Å². The summed E-state index contributed by atoms with van der Waals surface area (Å²) in [6.45, 7) is 5.34. The Hall–Kier alpha value is -2.67. The molecule has 2 aromatic rings. The number of carbonyl (C=O) groups is 2. The predicted molar refractivity (Wildman–Crippen MR) is 108 cm³/mol. The Morgan fingerprint density at radius 1 is 1.00 bits per heavy atom. The molecule has 0 saturated carbocycles. The molecule has 0 bridgehead atoms. The van der Waals surface area contributed by atoms with E-state index in [0.717, 1.165) is 21.7 Å². The van der Waals surface area contributed by atoms with Crippen molar-refractivity contribution < 1.29 is 18.0 Å². The summed E-state index contributed by atoms with van der Waals surface area (Å²) in [6.07, 6.45) is 1.10.